The van der Waals surface area contributed by atoms with Gasteiger partial charge in [0.25, 0.3) is 0 Å². The van der Waals surface area contributed by atoms with Crippen molar-refractivity contribution in [2.24, 2.45) is 0 Å². The van der Waals surface area contributed by atoms with Crippen molar-refractivity contribution >= 4 is 17.8 Å². The summed E-state index contributed by atoms with van der Waals surface area (Å²) in [7, 11) is 0. The van der Waals surface area contributed by atoms with Crippen LogP contribution in [-0.2, 0) is 0 Å². The zero-order valence-corrected chi connectivity index (χ0v) is 10.1. The molecule has 0 saturated heterocycles. The first-order valence-electron chi connectivity index (χ1n) is 4.97. The summed E-state index contributed by atoms with van der Waals surface area (Å²) in [6, 6.07) is 0. The molecule has 1 heterocycles. The highest BCUT2D eigenvalue weighted by Crippen LogP contribution is 2.05. The third-order valence-electron chi connectivity index (χ3n) is 1.63. The molecular formula is C11H18N2S. The second-order valence-corrected chi connectivity index (χ2v) is 2.94. The maximum Gasteiger partial charge on any atom is 0.0969 e. The van der Waals surface area contributed by atoms with E-state index in [4.69, 9.17) is 0 Å². The lowest BCUT2D eigenvalue weighted by molar-refractivity contribution is 1.14. The minimum absolute atomic E-state index is 0.938. The summed E-state index contributed by atoms with van der Waals surface area (Å²) in [5.41, 5.74) is 2.26. The van der Waals surface area contributed by atoms with Crippen LogP contribution in [0, 0.1) is 0 Å². The highest BCUT2D eigenvalue weighted by Gasteiger charge is 1.89. The van der Waals surface area contributed by atoms with E-state index >= 15 is 0 Å². The molecule has 78 valence electrons. The molecule has 0 unspecified atom stereocenters. The van der Waals surface area contributed by atoms with E-state index in [1.807, 2.05) is 26.8 Å². The van der Waals surface area contributed by atoms with Gasteiger partial charge in [0, 0.05) is 0 Å². The Morgan fingerprint density at radius 3 is 2.64 bits per heavy atom. The van der Waals surface area contributed by atoms with Crippen LogP contribution in [0.25, 0.3) is 6.08 Å². The normalized spacial score (nSPS) is 11.3. The Balaban J connectivity index is 0.000000791. The Morgan fingerprint density at radius 2 is 2.21 bits per heavy atom. The van der Waals surface area contributed by atoms with Gasteiger partial charge in [-0.1, -0.05) is 38.5 Å². The van der Waals surface area contributed by atoms with Gasteiger partial charge in [-0.05, 0) is 19.4 Å². The fraction of sp³-hybridized carbons (Fsp3) is 0.455. The highest BCUT2D eigenvalue weighted by atomic mass is 32.1. The Labute approximate surface area is 90.7 Å². The summed E-state index contributed by atoms with van der Waals surface area (Å²) in [4.78, 5) is 0. The van der Waals surface area contributed by atoms with Crippen molar-refractivity contribution in [1.82, 2.24) is 8.75 Å². The molecule has 3 heteroatoms. The van der Waals surface area contributed by atoms with Gasteiger partial charge in [0.1, 0.15) is 0 Å². The van der Waals surface area contributed by atoms with Crippen molar-refractivity contribution < 1.29 is 0 Å². The van der Waals surface area contributed by atoms with E-state index in [1.165, 1.54) is 17.3 Å². The van der Waals surface area contributed by atoms with E-state index in [9.17, 15) is 0 Å². The van der Waals surface area contributed by atoms with Crippen molar-refractivity contribution in [3.8, 4) is 0 Å². The minimum Gasteiger partial charge on any atom is -0.181 e. The average molecular weight is 210 g/mol. The number of aromatic nitrogens is 2. The zero-order valence-electron chi connectivity index (χ0n) is 9.32. The van der Waals surface area contributed by atoms with E-state index in [0.29, 0.717) is 0 Å². The molecule has 0 N–H and O–H groups in total. The Bertz CT molecular complexity index is 273. The van der Waals surface area contributed by atoms with Crippen molar-refractivity contribution in [2.75, 3.05) is 0 Å². The van der Waals surface area contributed by atoms with E-state index in [1.54, 1.807) is 6.20 Å². The quantitative estimate of drug-likeness (QED) is 0.706. The van der Waals surface area contributed by atoms with Gasteiger partial charge in [-0.3, -0.25) is 0 Å². The van der Waals surface area contributed by atoms with Crippen LogP contribution in [0.15, 0.2) is 23.9 Å². The van der Waals surface area contributed by atoms with Gasteiger partial charge in [-0.25, -0.2) is 0 Å². The average Bonchev–Trinajstić information content (AvgIpc) is 2.75. The van der Waals surface area contributed by atoms with Crippen LogP contribution in [-0.4, -0.2) is 8.75 Å². The van der Waals surface area contributed by atoms with Gasteiger partial charge in [0.05, 0.1) is 23.6 Å². The van der Waals surface area contributed by atoms with Crippen LogP contribution in [0.3, 0.4) is 0 Å². The number of nitrogens with zero attached hydrogens (tertiary/aromatic N) is 2. The SMILES string of the molecule is C/C=C(\C=C/c1cnsn1)CC.CC. The van der Waals surface area contributed by atoms with Crippen molar-refractivity contribution in [3.63, 3.8) is 0 Å². The molecule has 0 spiro atoms. The lowest BCUT2D eigenvalue weighted by Gasteiger charge is -1.91. The maximum atomic E-state index is 4.07. The number of hydrogen-bond donors (Lipinski definition) is 0. The van der Waals surface area contributed by atoms with E-state index < -0.39 is 0 Å². The van der Waals surface area contributed by atoms with Crippen LogP contribution in [0.5, 0.6) is 0 Å². The van der Waals surface area contributed by atoms with Gasteiger partial charge in [0.2, 0.25) is 0 Å². The van der Waals surface area contributed by atoms with Gasteiger partial charge in [0.15, 0.2) is 0 Å². The standard InChI is InChI=1S/C9H12N2S.C2H6/c1-3-8(4-2)5-6-9-7-10-12-11-9;1-2/h3,5-7H,4H2,1-2H3;1-2H3/b6-5-,8-3-;. The molecular weight excluding hydrogens is 192 g/mol. The smallest absolute Gasteiger partial charge is 0.0969 e. The number of rotatable bonds is 3. The van der Waals surface area contributed by atoms with E-state index in [-0.39, 0.29) is 0 Å². The molecule has 0 saturated carbocycles. The molecule has 0 aliphatic carbocycles. The summed E-state index contributed by atoms with van der Waals surface area (Å²) < 4.78 is 7.98. The largest absolute Gasteiger partial charge is 0.181 e. The molecule has 2 nitrogen and oxygen atoms in total. The molecule has 0 aromatic carbocycles. The third-order valence-corrected chi connectivity index (χ3v) is 2.12. The van der Waals surface area contributed by atoms with Crippen LogP contribution in [0.2, 0.25) is 0 Å². The van der Waals surface area contributed by atoms with Gasteiger partial charge < -0.3 is 0 Å². The Hall–Kier alpha value is -0.960. The molecule has 0 atom stereocenters. The molecule has 1 aromatic heterocycles. The second kappa shape index (κ2) is 8.63. The Morgan fingerprint density at radius 1 is 1.50 bits per heavy atom. The molecule has 14 heavy (non-hydrogen) atoms. The first-order chi connectivity index (χ1) is 6.86. The topological polar surface area (TPSA) is 25.8 Å². The zero-order chi connectivity index (χ0) is 10.8. The summed E-state index contributed by atoms with van der Waals surface area (Å²) in [6.45, 7) is 8.18. The highest BCUT2D eigenvalue weighted by molar-refractivity contribution is 6.99. The first-order valence-corrected chi connectivity index (χ1v) is 5.70. The van der Waals surface area contributed by atoms with E-state index in [2.05, 4.69) is 27.8 Å². The van der Waals surface area contributed by atoms with Gasteiger partial charge >= 0.3 is 0 Å². The van der Waals surface area contributed by atoms with Crippen molar-refractivity contribution in [3.05, 3.63) is 29.6 Å². The molecule has 0 bridgehead atoms. The fourth-order valence-electron chi connectivity index (χ4n) is 0.856. The summed E-state index contributed by atoms with van der Waals surface area (Å²) in [6.07, 6.45) is 9.00. The number of allylic oxidation sites excluding steroid dienone is 3. The number of hydrogen-bond acceptors (Lipinski definition) is 3. The lowest BCUT2D eigenvalue weighted by atomic mass is 10.2. The first kappa shape index (κ1) is 13.0. The molecule has 0 radical (unpaired) electrons. The minimum atomic E-state index is 0.938. The summed E-state index contributed by atoms with van der Waals surface area (Å²) >= 11 is 1.24. The lowest BCUT2D eigenvalue weighted by Crippen LogP contribution is -1.73. The molecule has 0 amide bonds. The maximum absolute atomic E-state index is 4.07. The Kier molecular flexibility index (Phi) is 8.04. The fourth-order valence-corrected chi connectivity index (χ4v) is 1.26. The molecule has 0 fully saturated rings. The second-order valence-electron chi connectivity index (χ2n) is 2.38. The van der Waals surface area contributed by atoms with Crippen LogP contribution in [0.1, 0.15) is 39.8 Å². The third kappa shape index (κ3) is 4.92. The van der Waals surface area contributed by atoms with Crippen LogP contribution < -0.4 is 0 Å². The van der Waals surface area contributed by atoms with Crippen LogP contribution >= 0.6 is 11.7 Å². The molecule has 1 rings (SSSR count). The molecule has 0 aliphatic rings. The van der Waals surface area contributed by atoms with Gasteiger partial charge in [-0.2, -0.15) is 8.75 Å². The summed E-state index contributed by atoms with van der Waals surface area (Å²) in [5, 5.41) is 0. The summed E-state index contributed by atoms with van der Waals surface area (Å²) in [5.74, 6) is 0. The predicted molar refractivity (Wildman–Crippen MR) is 64.3 cm³/mol. The van der Waals surface area contributed by atoms with E-state index in [0.717, 1.165) is 12.1 Å². The predicted octanol–water partition coefficient (Wildman–Crippen LogP) is 3.93. The van der Waals surface area contributed by atoms with Crippen molar-refractivity contribution in [1.29, 1.82) is 0 Å². The monoisotopic (exact) mass is 210 g/mol. The molecule has 0 aliphatic heterocycles. The molecule has 1 aromatic rings. The van der Waals surface area contributed by atoms with Crippen molar-refractivity contribution in [2.45, 2.75) is 34.1 Å². The van der Waals surface area contributed by atoms with Gasteiger partial charge in [-0.15, -0.1) is 0 Å². The van der Waals surface area contributed by atoms with Crippen LogP contribution in [0.4, 0.5) is 0 Å².